The van der Waals surface area contributed by atoms with Gasteiger partial charge in [-0.3, -0.25) is 4.79 Å². The first-order valence-electron chi connectivity index (χ1n) is 7.19. The number of nitrogens with two attached hydrogens (primary N) is 1. The molecule has 3 heteroatoms. The van der Waals surface area contributed by atoms with Crippen molar-refractivity contribution in [3.63, 3.8) is 0 Å². The monoisotopic (exact) mass is 260 g/mol. The molecule has 0 unspecified atom stereocenters. The standard InChI is InChI=1S/C16H24N2O/c1-3-15(4-2,13-8-6-5-7-9-13)12-18-14(19)16(17)10-11-16/h5-9H,3-4,10-12,17H2,1-2H3,(H,18,19). The molecule has 0 atom stereocenters. The Kier molecular flexibility index (Phi) is 3.95. The van der Waals surface area contributed by atoms with Crippen LogP contribution in [0, 0.1) is 0 Å². The molecule has 3 N–H and O–H groups in total. The van der Waals surface area contributed by atoms with Gasteiger partial charge in [-0.1, -0.05) is 44.2 Å². The summed E-state index contributed by atoms with van der Waals surface area (Å²) in [5, 5.41) is 3.06. The number of carbonyl (C=O) groups is 1. The van der Waals surface area contributed by atoms with Gasteiger partial charge in [0, 0.05) is 12.0 Å². The normalized spacial score (nSPS) is 17.0. The summed E-state index contributed by atoms with van der Waals surface area (Å²) in [6.07, 6.45) is 3.64. The number of benzene rings is 1. The van der Waals surface area contributed by atoms with Crippen LogP contribution in [0.4, 0.5) is 0 Å². The molecular formula is C16H24N2O. The highest BCUT2D eigenvalue weighted by molar-refractivity contribution is 5.89. The van der Waals surface area contributed by atoms with Crippen LogP contribution in [0.15, 0.2) is 30.3 Å². The van der Waals surface area contributed by atoms with Crippen molar-refractivity contribution < 1.29 is 4.79 Å². The maximum atomic E-state index is 12.0. The number of amides is 1. The van der Waals surface area contributed by atoms with Gasteiger partial charge in [-0.05, 0) is 31.2 Å². The highest BCUT2D eigenvalue weighted by atomic mass is 16.2. The van der Waals surface area contributed by atoms with Gasteiger partial charge in [0.15, 0.2) is 0 Å². The van der Waals surface area contributed by atoms with Crippen LogP contribution in [0.2, 0.25) is 0 Å². The number of rotatable bonds is 6. The van der Waals surface area contributed by atoms with Crippen LogP contribution in [-0.2, 0) is 10.2 Å². The smallest absolute Gasteiger partial charge is 0.240 e. The summed E-state index contributed by atoms with van der Waals surface area (Å²) < 4.78 is 0. The van der Waals surface area contributed by atoms with Gasteiger partial charge in [0.1, 0.15) is 0 Å². The van der Waals surface area contributed by atoms with Crippen molar-refractivity contribution in [2.75, 3.05) is 6.54 Å². The minimum atomic E-state index is -0.579. The summed E-state index contributed by atoms with van der Waals surface area (Å²) in [6.45, 7) is 5.03. The van der Waals surface area contributed by atoms with Crippen molar-refractivity contribution in [2.45, 2.75) is 50.5 Å². The first-order chi connectivity index (χ1) is 9.06. The lowest BCUT2D eigenvalue weighted by Crippen LogP contribution is -2.48. The molecule has 2 rings (SSSR count). The molecule has 1 saturated carbocycles. The second-order valence-electron chi connectivity index (χ2n) is 5.69. The van der Waals surface area contributed by atoms with E-state index in [1.54, 1.807) is 0 Å². The maximum Gasteiger partial charge on any atom is 0.240 e. The summed E-state index contributed by atoms with van der Waals surface area (Å²) in [6, 6.07) is 10.4. The van der Waals surface area contributed by atoms with E-state index in [2.05, 4.69) is 43.4 Å². The molecular weight excluding hydrogens is 236 g/mol. The first-order valence-corrected chi connectivity index (χ1v) is 7.19. The van der Waals surface area contributed by atoms with Gasteiger partial charge in [-0.15, -0.1) is 0 Å². The van der Waals surface area contributed by atoms with E-state index in [9.17, 15) is 4.79 Å². The summed E-state index contributed by atoms with van der Waals surface area (Å²) in [4.78, 5) is 12.0. The fourth-order valence-electron chi connectivity index (χ4n) is 2.59. The third-order valence-corrected chi connectivity index (χ3v) is 4.57. The predicted octanol–water partition coefficient (Wildman–Crippen LogP) is 2.35. The van der Waals surface area contributed by atoms with Crippen LogP contribution in [0.3, 0.4) is 0 Å². The molecule has 3 nitrogen and oxygen atoms in total. The molecule has 0 heterocycles. The lowest BCUT2D eigenvalue weighted by Gasteiger charge is -2.33. The van der Waals surface area contributed by atoms with Crippen LogP contribution >= 0.6 is 0 Å². The Morgan fingerprint density at radius 1 is 1.26 bits per heavy atom. The van der Waals surface area contributed by atoms with E-state index in [4.69, 9.17) is 5.73 Å². The minimum Gasteiger partial charge on any atom is -0.354 e. The molecule has 1 aromatic carbocycles. The fraction of sp³-hybridized carbons (Fsp3) is 0.562. The van der Waals surface area contributed by atoms with E-state index in [0.29, 0.717) is 6.54 Å². The fourth-order valence-corrected chi connectivity index (χ4v) is 2.59. The number of hydrogen-bond donors (Lipinski definition) is 2. The lowest BCUT2D eigenvalue weighted by atomic mass is 9.75. The molecule has 0 spiro atoms. The second-order valence-corrected chi connectivity index (χ2v) is 5.69. The zero-order chi connectivity index (χ0) is 13.9. The molecule has 1 aliphatic rings. The van der Waals surface area contributed by atoms with Gasteiger partial charge >= 0.3 is 0 Å². The molecule has 0 radical (unpaired) electrons. The Balaban J connectivity index is 2.09. The summed E-state index contributed by atoms with van der Waals surface area (Å²) in [5.74, 6) is 0.00899. The Bertz CT molecular complexity index is 433. The zero-order valence-corrected chi connectivity index (χ0v) is 11.9. The molecule has 0 saturated heterocycles. The number of hydrogen-bond acceptors (Lipinski definition) is 2. The van der Waals surface area contributed by atoms with Crippen LogP contribution in [0.1, 0.15) is 45.1 Å². The van der Waals surface area contributed by atoms with Gasteiger partial charge in [-0.25, -0.2) is 0 Å². The maximum absolute atomic E-state index is 12.0. The molecule has 0 aromatic heterocycles. The molecule has 19 heavy (non-hydrogen) atoms. The average molecular weight is 260 g/mol. The van der Waals surface area contributed by atoms with E-state index in [-0.39, 0.29) is 11.3 Å². The topological polar surface area (TPSA) is 55.1 Å². The van der Waals surface area contributed by atoms with E-state index < -0.39 is 5.54 Å². The third-order valence-electron chi connectivity index (χ3n) is 4.57. The lowest BCUT2D eigenvalue weighted by molar-refractivity contribution is -0.123. The molecule has 104 valence electrons. The highest BCUT2D eigenvalue weighted by Gasteiger charge is 2.46. The van der Waals surface area contributed by atoms with Crippen LogP contribution < -0.4 is 11.1 Å². The molecule has 0 aliphatic heterocycles. The Labute approximate surface area is 115 Å². The predicted molar refractivity (Wildman–Crippen MR) is 77.9 cm³/mol. The minimum absolute atomic E-state index is 0.00899. The highest BCUT2D eigenvalue weighted by Crippen LogP contribution is 2.34. The van der Waals surface area contributed by atoms with Crippen molar-refractivity contribution in [3.05, 3.63) is 35.9 Å². The van der Waals surface area contributed by atoms with Crippen molar-refractivity contribution in [3.8, 4) is 0 Å². The molecule has 0 bridgehead atoms. The first kappa shape index (κ1) is 14.1. The average Bonchev–Trinajstić information content (AvgIpc) is 3.21. The van der Waals surface area contributed by atoms with Crippen molar-refractivity contribution in [2.24, 2.45) is 5.73 Å². The second kappa shape index (κ2) is 5.33. The van der Waals surface area contributed by atoms with Gasteiger partial charge in [0.2, 0.25) is 5.91 Å². The van der Waals surface area contributed by atoms with Gasteiger partial charge in [0.25, 0.3) is 0 Å². The van der Waals surface area contributed by atoms with E-state index >= 15 is 0 Å². The largest absolute Gasteiger partial charge is 0.354 e. The quantitative estimate of drug-likeness (QED) is 0.825. The van der Waals surface area contributed by atoms with Crippen molar-refractivity contribution in [1.29, 1.82) is 0 Å². The Hall–Kier alpha value is -1.35. The van der Waals surface area contributed by atoms with Crippen molar-refractivity contribution >= 4 is 5.91 Å². The molecule has 1 aromatic rings. The molecule has 1 aliphatic carbocycles. The zero-order valence-electron chi connectivity index (χ0n) is 11.9. The number of nitrogens with one attached hydrogen (secondary N) is 1. The van der Waals surface area contributed by atoms with E-state index in [1.165, 1.54) is 5.56 Å². The van der Waals surface area contributed by atoms with E-state index in [1.807, 2.05) is 6.07 Å². The Morgan fingerprint density at radius 3 is 2.32 bits per heavy atom. The van der Waals surface area contributed by atoms with Crippen LogP contribution in [-0.4, -0.2) is 18.0 Å². The number of carbonyl (C=O) groups excluding carboxylic acids is 1. The third kappa shape index (κ3) is 2.81. The summed E-state index contributed by atoms with van der Waals surface area (Å²) in [7, 11) is 0. The van der Waals surface area contributed by atoms with Crippen LogP contribution in [0.5, 0.6) is 0 Å². The molecule has 1 amide bonds. The summed E-state index contributed by atoms with van der Waals surface area (Å²) in [5.41, 5.74) is 6.66. The van der Waals surface area contributed by atoms with Gasteiger partial charge in [0.05, 0.1) is 5.54 Å². The van der Waals surface area contributed by atoms with Crippen LogP contribution in [0.25, 0.3) is 0 Å². The van der Waals surface area contributed by atoms with Crippen molar-refractivity contribution in [1.82, 2.24) is 5.32 Å². The molecule has 1 fully saturated rings. The Morgan fingerprint density at radius 2 is 1.84 bits per heavy atom. The van der Waals surface area contributed by atoms with Gasteiger partial charge in [-0.2, -0.15) is 0 Å². The summed E-state index contributed by atoms with van der Waals surface area (Å²) >= 11 is 0. The van der Waals surface area contributed by atoms with Gasteiger partial charge < -0.3 is 11.1 Å². The van der Waals surface area contributed by atoms with E-state index in [0.717, 1.165) is 25.7 Å². The SMILES string of the molecule is CCC(CC)(CNC(=O)C1(N)CC1)c1ccccc1.